The predicted molar refractivity (Wildman–Crippen MR) is 91.9 cm³/mol. The van der Waals surface area contributed by atoms with Crippen molar-refractivity contribution in [3.8, 4) is 0 Å². The molecule has 1 amide bonds. The summed E-state index contributed by atoms with van der Waals surface area (Å²) in [5, 5.41) is 0.397. The highest BCUT2D eigenvalue weighted by Crippen LogP contribution is 2.50. The van der Waals surface area contributed by atoms with E-state index in [4.69, 9.17) is 20.8 Å². The molecule has 3 aliphatic rings. The molecule has 25 heavy (non-hydrogen) atoms. The monoisotopic (exact) mass is 358 g/mol. The number of rotatable bonds is 3. The molecular formula is C19H19ClN2O3. The van der Waals surface area contributed by atoms with Gasteiger partial charge in [-0.3, -0.25) is 9.69 Å². The summed E-state index contributed by atoms with van der Waals surface area (Å²) in [5.74, 6) is 1.01. The van der Waals surface area contributed by atoms with Crippen LogP contribution in [0.3, 0.4) is 0 Å². The lowest BCUT2D eigenvalue weighted by Crippen LogP contribution is -2.47. The maximum absolute atomic E-state index is 12.6. The van der Waals surface area contributed by atoms with E-state index >= 15 is 0 Å². The van der Waals surface area contributed by atoms with Gasteiger partial charge in [-0.2, -0.15) is 0 Å². The number of ether oxygens (including phenoxy) is 1. The molecule has 4 heterocycles. The number of amides is 1. The average Bonchev–Trinajstić information content (AvgIpc) is 3.33. The fraction of sp³-hybridized carbons (Fsp3) is 0.421. The predicted octanol–water partition coefficient (Wildman–Crippen LogP) is 3.21. The molecule has 5 nitrogen and oxygen atoms in total. The summed E-state index contributed by atoms with van der Waals surface area (Å²) in [7, 11) is 0. The summed E-state index contributed by atoms with van der Waals surface area (Å²) in [6.45, 7) is 2.17. The van der Waals surface area contributed by atoms with Gasteiger partial charge in [0.25, 0.3) is 0 Å². The maximum Gasteiger partial charge on any atom is 0.226 e. The van der Waals surface area contributed by atoms with Gasteiger partial charge in [-0.15, -0.1) is 0 Å². The van der Waals surface area contributed by atoms with Crippen LogP contribution in [0, 0.1) is 0 Å². The number of furan rings is 1. The van der Waals surface area contributed by atoms with Gasteiger partial charge in [0.1, 0.15) is 11.9 Å². The van der Waals surface area contributed by atoms with E-state index < -0.39 is 5.72 Å². The van der Waals surface area contributed by atoms with Crippen molar-refractivity contribution in [1.29, 1.82) is 0 Å². The van der Waals surface area contributed by atoms with Crippen LogP contribution >= 0.6 is 11.6 Å². The Morgan fingerprint density at radius 2 is 2.04 bits per heavy atom. The molecule has 1 aromatic carbocycles. The molecule has 1 aromatic heterocycles. The highest BCUT2D eigenvalue weighted by Gasteiger charge is 2.63. The third-order valence-corrected chi connectivity index (χ3v) is 5.90. The van der Waals surface area contributed by atoms with E-state index in [1.807, 2.05) is 29.2 Å². The first-order valence-electron chi connectivity index (χ1n) is 8.67. The fourth-order valence-corrected chi connectivity index (χ4v) is 4.74. The molecule has 3 atom stereocenters. The Hall–Kier alpha value is -1.82. The maximum atomic E-state index is 12.6. The third-order valence-electron chi connectivity index (χ3n) is 5.70. The number of nitrogens with zero attached hydrogens (tertiary/aromatic N) is 2. The van der Waals surface area contributed by atoms with E-state index in [1.54, 1.807) is 6.07 Å². The van der Waals surface area contributed by atoms with Crippen LogP contribution in [-0.4, -0.2) is 40.6 Å². The van der Waals surface area contributed by atoms with E-state index in [0.717, 1.165) is 24.3 Å². The fourth-order valence-electron chi connectivity index (χ4n) is 4.58. The van der Waals surface area contributed by atoms with Crippen LogP contribution < -0.4 is 0 Å². The Morgan fingerprint density at radius 1 is 1.20 bits per heavy atom. The first-order valence-corrected chi connectivity index (χ1v) is 9.05. The number of carbonyl (C=O) groups excluding carboxylic acids is 1. The lowest BCUT2D eigenvalue weighted by atomic mass is 10.1. The molecule has 0 unspecified atom stereocenters. The van der Waals surface area contributed by atoms with Gasteiger partial charge >= 0.3 is 0 Å². The third kappa shape index (κ3) is 2.34. The van der Waals surface area contributed by atoms with Crippen molar-refractivity contribution in [3.05, 3.63) is 59.0 Å². The van der Waals surface area contributed by atoms with E-state index in [2.05, 4.69) is 17.0 Å². The molecule has 3 aliphatic heterocycles. The second-order valence-electron chi connectivity index (χ2n) is 7.01. The molecular weight excluding hydrogens is 340 g/mol. The van der Waals surface area contributed by atoms with Crippen LogP contribution in [0.2, 0.25) is 5.22 Å². The Kier molecular flexibility index (Phi) is 3.45. The smallest absolute Gasteiger partial charge is 0.226 e. The van der Waals surface area contributed by atoms with Crippen molar-refractivity contribution < 1.29 is 13.9 Å². The SMILES string of the molecule is O=C1C[C@H]2N(Cc3ccc(Cl)o3)CC[C@]23O[C@@H](c2ccccc2)CN13. The highest BCUT2D eigenvalue weighted by atomic mass is 35.5. The van der Waals surface area contributed by atoms with Gasteiger partial charge in [0.2, 0.25) is 5.91 Å². The normalized spacial score (nSPS) is 31.6. The van der Waals surface area contributed by atoms with Crippen molar-refractivity contribution in [2.45, 2.75) is 37.3 Å². The molecule has 130 valence electrons. The van der Waals surface area contributed by atoms with Crippen molar-refractivity contribution in [3.63, 3.8) is 0 Å². The molecule has 3 fully saturated rings. The van der Waals surface area contributed by atoms with Crippen LogP contribution in [-0.2, 0) is 16.1 Å². The van der Waals surface area contributed by atoms with Crippen LogP contribution in [0.4, 0.5) is 0 Å². The van der Waals surface area contributed by atoms with Crippen molar-refractivity contribution >= 4 is 17.5 Å². The molecule has 1 spiro atoms. The molecule has 5 rings (SSSR count). The quantitative estimate of drug-likeness (QED) is 0.845. The first-order chi connectivity index (χ1) is 12.2. The minimum absolute atomic E-state index is 0.0500. The zero-order chi connectivity index (χ0) is 17.0. The Morgan fingerprint density at radius 3 is 2.80 bits per heavy atom. The Balaban J connectivity index is 1.41. The minimum atomic E-state index is -0.492. The van der Waals surface area contributed by atoms with Gasteiger partial charge in [0.15, 0.2) is 10.9 Å². The second kappa shape index (κ2) is 5.59. The molecule has 6 heteroatoms. The Bertz CT molecular complexity index is 808. The summed E-state index contributed by atoms with van der Waals surface area (Å²) >= 11 is 5.88. The second-order valence-corrected chi connectivity index (χ2v) is 7.39. The van der Waals surface area contributed by atoms with E-state index in [-0.39, 0.29) is 18.1 Å². The summed E-state index contributed by atoms with van der Waals surface area (Å²) in [6.07, 6.45) is 1.29. The largest absolute Gasteiger partial charge is 0.448 e. The zero-order valence-corrected chi connectivity index (χ0v) is 14.5. The van der Waals surface area contributed by atoms with Gasteiger partial charge < -0.3 is 14.1 Å². The number of benzene rings is 1. The van der Waals surface area contributed by atoms with Crippen molar-refractivity contribution in [1.82, 2.24) is 9.80 Å². The van der Waals surface area contributed by atoms with E-state index in [1.165, 1.54) is 0 Å². The van der Waals surface area contributed by atoms with Gasteiger partial charge in [0, 0.05) is 19.4 Å². The summed E-state index contributed by atoms with van der Waals surface area (Å²) in [5.41, 5.74) is 0.641. The van der Waals surface area contributed by atoms with Gasteiger partial charge in [-0.1, -0.05) is 30.3 Å². The van der Waals surface area contributed by atoms with Gasteiger partial charge in [-0.25, -0.2) is 0 Å². The van der Waals surface area contributed by atoms with Crippen LogP contribution in [0.15, 0.2) is 46.9 Å². The summed E-state index contributed by atoms with van der Waals surface area (Å²) < 4.78 is 12.0. The average molecular weight is 359 g/mol. The van der Waals surface area contributed by atoms with Crippen molar-refractivity contribution in [2.75, 3.05) is 13.1 Å². The van der Waals surface area contributed by atoms with Crippen LogP contribution in [0.25, 0.3) is 0 Å². The van der Waals surface area contributed by atoms with Gasteiger partial charge in [0.05, 0.1) is 19.1 Å². The summed E-state index contributed by atoms with van der Waals surface area (Å²) in [6, 6.07) is 13.9. The Labute approximate surface area is 151 Å². The molecule has 0 radical (unpaired) electrons. The number of hydrogen-bond acceptors (Lipinski definition) is 4. The number of hydrogen-bond donors (Lipinski definition) is 0. The lowest BCUT2D eigenvalue weighted by molar-refractivity contribution is -0.138. The molecule has 2 aromatic rings. The van der Waals surface area contributed by atoms with Crippen molar-refractivity contribution in [2.24, 2.45) is 0 Å². The molecule has 0 aliphatic carbocycles. The van der Waals surface area contributed by atoms with Crippen LogP contribution in [0.5, 0.6) is 0 Å². The molecule has 0 bridgehead atoms. The van der Waals surface area contributed by atoms with E-state index in [9.17, 15) is 4.79 Å². The highest BCUT2D eigenvalue weighted by molar-refractivity contribution is 6.28. The standard InChI is InChI=1S/C19H19ClN2O3/c20-17-7-6-14(24-17)11-21-9-8-19-16(21)10-18(23)22(19)12-15(25-19)13-4-2-1-3-5-13/h1-7,15-16H,8-12H2/t15-,16-,19+/m1/s1. The van der Waals surface area contributed by atoms with Gasteiger partial charge in [-0.05, 0) is 29.3 Å². The minimum Gasteiger partial charge on any atom is -0.448 e. The number of carbonyl (C=O) groups is 1. The lowest BCUT2D eigenvalue weighted by Gasteiger charge is -2.31. The number of halogens is 1. The van der Waals surface area contributed by atoms with E-state index in [0.29, 0.717) is 24.7 Å². The number of likely N-dealkylation sites (tertiary alicyclic amines) is 1. The zero-order valence-electron chi connectivity index (χ0n) is 13.7. The topological polar surface area (TPSA) is 45.9 Å². The summed E-state index contributed by atoms with van der Waals surface area (Å²) in [4.78, 5) is 16.9. The molecule has 0 N–H and O–H groups in total. The molecule has 3 saturated heterocycles. The first kappa shape index (κ1) is 15.4. The molecule has 0 saturated carbocycles. The van der Waals surface area contributed by atoms with Crippen LogP contribution in [0.1, 0.15) is 30.3 Å².